The number of nitrogens with zero attached hydrogens (tertiary/aromatic N) is 1. The van der Waals surface area contributed by atoms with Gasteiger partial charge in [-0.25, -0.2) is 13.2 Å². The number of nitrogens with two attached hydrogens (primary N) is 1. The second-order valence-electron chi connectivity index (χ2n) is 6.48. The van der Waals surface area contributed by atoms with Crippen LogP contribution in [0.5, 0.6) is 0 Å². The number of benzene rings is 2. The number of aryl methyl sites for hydroxylation is 1. The summed E-state index contributed by atoms with van der Waals surface area (Å²) in [5, 5.41) is 0. The molecule has 1 amide bonds. The van der Waals surface area contributed by atoms with Crippen molar-refractivity contribution in [2.24, 2.45) is 5.73 Å². The Bertz CT molecular complexity index is 1060. The molecule has 2 aromatic carbocycles. The number of rotatable bonds is 5. The van der Waals surface area contributed by atoms with Crippen molar-refractivity contribution in [1.29, 1.82) is 0 Å². The van der Waals surface area contributed by atoms with Crippen LogP contribution in [0, 0.1) is 6.92 Å². The van der Waals surface area contributed by atoms with Gasteiger partial charge in [-0.05, 0) is 42.8 Å². The number of amides is 1. The van der Waals surface area contributed by atoms with Crippen LogP contribution in [0.2, 0.25) is 0 Å². The Balaban J connectivity index is 2.07. The lowest BCUT2D eigenvalue weighted by Crippen LogP contribution is -2.29. The molecular formula is C20H20N2O5S. The normalized spacial score (nSPS) is 16.2. The zero-order valence-corrected chi connectivity index (χ0v) is 16.3. The number of carbonyl (C=O) groups is 2. The highest BCUT2D eigenvalue weighted by molar-refractivity contribution is 7.92. The number of methoxy groups -OCH3 is 1. The number of hydrogen-bond donors (Lipinski definition) is 1. The molecule has 2 N–H and O–H groups in total. The van der Waals surface area contributed by atoms with Crippen LogP contribution in [-0.2, 0) is 19.6 Å². The zero-order chi connectivity index (χ0) is 20.5. The van der Waals surface area contributed by atoms with Gasteiger partial charge in [-0.3, -0.25) is 9.10 Å². The van der Waals surface area contributed by atoms with Crippen molar-refractivity contribution in [3.8, 4) is 0 Å². The maximum absolute atomic E-state index is 13.2. The van der Waals surface area contributed by atoms with E-state index < -0.39 is 27.8 Å². The topological polar surface area (TPSA) is 107 Å². The number of ether oxygens (including phenoxy) is 1. The standard InChI is InChI=1S/C20H20N2O5S/c1-13-3-7-16(8-4-13)28(25,26)22-12-15(6-10-19(23)27-2)17-11-14(20(21)24)5-9-18(17)22/h3-11,15H,12H2,1-2H3,(H2,21,24)/b10-6+. The van der Waals surface area contributed by atoms with Gasteiger partial charge in [-0.1, -0.05) is 23.8 Å². The third kappa shape index (κ3) is 3.63. The predicted octanol–water partition coefficient (Wildman–Crippen LogP) is 2.12. The summed E-state index contributed by atoms with van der Waals surface area (Å²) in [5.41, 5.74) is 7.63. The molecule has 2 aromatic rings. The molecule has 0 radical (unpaired) electrons. The maximum Gasteiger partial charge on any atom is 0.330 e. The van der Waals surface area contributed by atoms with E-state index >= 15 is 0 Å². The summed E-state index contributed by atoms with van der Waals surface area (Å²) in [4.78, 5) is 23.2. The molecule has 0 saturated heterocycles. The number of primary amides is 1. The maximum atomic E-state index is 13.2. The summed E-state index contributed by atoms with van der Waals surface area (Å²) >= 11 is 0. The molecule has 0 bridgehead atoms. The highest BCUT2D eigenvalue weighted by Crippen LogP contribution is 2.40. The molecule has 1 atom stereocenters. The predicted molar refractivity (Wildman–Crippen MR) is 105 cm³/mol. The summed E-state index contributed by atoms with van der Waals surface area (Å²) in [5.74, 6) is -1.58. The van der Waals surface area contributed by atoms with Crippen molar-refractivity contribution in [2.75, 3.05) is 18.0 Å². The molecule has 146 valence electrons. The quantitative estimate of drug-likeness (QED) is 0.611. The van der Waals surface area contributed by atoms with Crippen LogP contribution >= 0.6 is 0 Å². The summed E-state index contributed by atoms with van der Waals surface area (Å²) < 4.78 is 32.3. The van der Waals surface area contributed by atoms with Gasteiger partial charge in [0.25, 0.3) is 10.0 Å². The molecule has 0 aliphatic carbocycles. The first kappa shape index (κ1) is 19.6. The van der Waals surface area contributed by atoms with E-state index in [4.69, 9.17) is 5.73 Å². The highest BCUT2D eigenvalue weighted by atomic mass is 32.2. The number of carbonyl (C=O) groups excluding carboxylic acids is 2. The molecule has 28 heavy (non-hydrogen) atoms. The van der Waals surface area contributed by atoms with Crippen LogP contribution in [0.15, 0.2) is 59.5 Å². The molecule has 7 nitrogen and oxygen atoms in total. The van der Waals surface area contributed by atoms with E-state index in [0.29, 0.717) is 11.3 Å². The molecule has 0 spiro atoms. The molecule has 0 saturated carbocycles. The van der Waals surface area contributed by atoms with E-state index in [2.05, 4.69) is 4.74 Å². The first-order valence-electron chi connectivity index (χ1n) is 8.53. The largest absolute Gasteiger partial charge is 0.466 e. The van der Waals surface area contributed by atoms with E-state index in [1.54, 1.807) is 42.5 Å². The Kier molecular flexibility index (Phi) is 5.24. The third-order valence-corrected chi connectivity index (χ3v) is 6.41. The van der Waals surface area contributed by atoms with E-state index in [0.717, 1.165) is 5.56 Å². The molecule has 1 aliphatic rings. The second kappa shape index (κ2) is 7.47. The Morgan fingerprint density at radius 2 is 1.86 bits per heavy atom. The Hall–Kier alpha value is -3.13. The van der Waals surface area contributed by atoms with Crippen molar-refractivity contribution in [3.63, 3.8) is 0 Å². The molecule has 1 heterocycles. The van der Waals surface area contributed by atoms with Gasteiger partial charge in [0.15, 0.2) is 0 Å². The fourth-order valence-corrected chi connectivity index (χ4v) is 4.62. The number of fused-ring (bicyclic) bond motifs is 1. The summed E-state index contributed by atoms with van der Waals surface area (Å²) in [6, 6.07) is 11.2. The second-order valence-corrected chi connectivity index (χ2v) is 8.34. The number of anilines is 1. The van der Waals surface area contributed by atoms with Gasteiger partial charge in [0.05, 0.1) is 17.7 Å². The summed E-state index contributed by atoms with van der Waals surface area (Å²) in [6.07, 6.45) is 2.81. The minimum Gasteiger partial charge on any atom is -0.466 e. The van der Waals surface area contributed by atoms with Crippen LogP contribution in [0.3, 0.4) is 0 Å². The number of esters is 1. The third-order valence-electron chi connectivity index (χ3n) is 4.62. The molecule has 1 unspecified atom stereocenters. The van der Waals surface area contributed by atoms with Gasteiger partial charge in [0, 0.05) is 24.1 Å². The fraction of sp³-hybridized carbons (Fsp3) is 0.200. The zero-order valence-electron chi connectivity index (χ0n) is 15.5. The van der Waals surface area contributed by atoms with Crippen molar-refractivity contribution >= 4 is 27.6 Å². The Morgan fingerprint density at radius 3 is 2.46 bits per heavy atom. The summed E-state index contributed by atoms with van der Waals surface area (Å²) in [7, 11) is -2.55. The Morgan fingerprint density at radius 1 is 1.18 bits per heavy atom. The minimum atomic E-state index is -3.81. The molecule has 0 fully saturated rings. The van der Waals surface area contributed by atoms with Gasteiger partial charge in [0.2, 0.25) is 5.91 Å². The van der Waals surface area contributed by atoms with Crippen molar-refractivity contribution in [2.45, 2.75) is 17.7 Å². The lowest BCUT2D eigenvalue weighted by molar-refractivity contribution is -0.134. The van der Waals surface area contributed by atoms with Crippen LogP contribution in [0.25, 0.3) is 0 Å². The van der Waals surface area contributed by atoms with Gasteiger partial charge >= 0.3 is 5.97 Å². The van der Waals surface area contributed by atoms with Gasteiger partial charge in [-0.15, -0.1) is 0 Å². The minimum absolute atomic E-state index is 0.0985. The number of hydrogen-bond acceptors (Lipinski definition) is 5. The number of sulfonamides is 1. The van der Waals surface area contributed by atoms with Crippen molar-refractivity contribution < 1.29 is 22.7 Å². The smallest absolute Gasteiger partial charge is 0.330 e. The van der Waals surface area contributed by atoms with Crippen molar-refractivity contribution in [3.05, 3.63) is 71.3 Å². The van der Waals surface area contributed by atoms with E-state index in [1.165, 1.54) is 23.6 Å². The van der Waals surface area contributed by atoms with E-state index in [9.17, 15) is 18.0 Å². The van der Waals surface area contributed by atoms with Crippen LogP contribution in [0.4, 0.5) is 5.69 Å². The van der Waals surface area contributed by atoms with Crippen molar-refractivity contribution in [1.82, 2.24) is 0 Å². The molecule has 1 aliphatic heterocycles. The Labute approximate surface area is 163 Å². The first-order chi connectivity index (χ1) is 13.2. The van der Waals surface area contributed by atoms with Gasteiger partial charge < -0.3 is 10.5 Å². The lowest BCUT2D eigenvalue weighted by Gasteiger charge is -2.20. The van der Waals surface area contributed by atoms with Crippen LogP contribution in [0.1, 0.15) is 27.4 Å². The molecule has 0 aromatic heterocycles. The average Bonchev–Trinajstić information content (AvgIpc) is 3.05. The molecular weight excluding hydrogens is 380 g/mol. The van der Waals surface area contributed by atoms with Gasteiger partial charge in [0.1, 0.15) is 0 Å². The molecule has 3 rings (SSSR count). The fourth-order valence-electron chi connectivity index (χ4n) is 3.10. The summed E-state index contributed by atoms with van der Waals surface area (Å²) in [6.45, 7) is 1.97. The first-order valence-corrected chi connectivity index (χ1v) is 9.97. The SMILES string of the molecule is COC(=O)/C=C/C1CN(S(=O)(=O)c2ccc(C)cc2)c2ccc(C(N)=O)cc21. The van der Waals surface area contributed by atoms with Crippen LogP contribution in [-0.4, -0.2) is 33.9 Å². The van der Waals surface area contributed by atoms with Crippen LogP contribution < -0.4 is 10.0 Å². The monoisotopic (exact) mass is 400 g/mol. The average molecular weight is 400 g/mol. The highest BCUT2D eigenvalue weighted by Gasteiger charge is 2.36. The van der Waals surface area contributed by atoms with E-state index in [1.807, 2.05) is 6.92 Å². The van der Waals surface area contributed by atoms with E-state index in [-0.39, 0.29) is 17.0 Å². The lowest BCUT2D eigenvalue weighted by atomic mass is 9.98. The molecule has 8 heteroatoms. The van der Waals surface area contributed by atoms with Gasteiger partial charge in [-0.2, -0.15) is 0 Å².